The van der Waals surface area contributed by atoms with E-state index < -0.39 is 5.97 Å². The molecule has 1 rings (SSSR count). The molecule has 0 unspecified atom stereocenters. The van der Waals surface area contributed by atoms with Gasteiger partial charge in [-0.2, -0.15) is 0 Å². The fourth-order valence-corrected chi connectivity index (χ4v) is 1.13. The normalized spacial score (nSPS) is 10.3. The lowest BCUT2D eigenvalue weighted by Crippen LogP contribution is -1.98. The van der Waals surface area contributed by atoms with Crippen LogP contribution in [0.25, 0.3) is 6.08 Å². The maximum atomic E-state index is 11.0. The molecule has 1 N–H and O–H groups in total. The Labute approximate surface area is 93.2 Å². The number of aromatic hydroxyl groups is 1. The molecule has 0 saturated carbocycles. The molecule has 0 aliphatic heterocycles. The Morgan fingerprint density at radius 2 is 2.25 bits per heavy atom. The van der Waals surface area contributed by atoms with Crippen LogP contribution in [0.15, 0.2) is 24.3 Å². The number of benzene rings is 1. The molecule has 1 aromatic rings. The van der Waals surface area contributed by atoms with Crippen molar-refractivity contribution in [2.75, 3.05) is 6.61 Å². The van der Waals surface area contributed by atoms with Crippen molar-refractivity contribution >= 4 is 18.3 Å². The first kappa shape index (κ1) is 12.0. The molecule has 0 aliphatic rings. The standard InChI is InChI=1S/C12H12O4/c1-2-16-12(15)6-4-10-7-9(8-13)3-5-11(10)14/h3-8,14H,2H2,1H3. The van der Waals surface area contributed by atoms with Crippen LogP contribution in [0.5, 0.6) is 5.75 Å². The third-order valence-corrected chi connectivity index (χ3v) is 1.87. The molecule has 0 amide bonds. The Balaban J connectivity index is 2.87. The SMILES string of the molecule is CCOC(=O)C=Cc1cc(C=O)ccc1O. The number of hydrogen-bond donors (Lipinski definition) is 1. The highest BCUT2D eigenvalue weighted by atomic mass is 16.5. The zero-order valence-corrected chi connectivity index (χ0v) is 8.84. The van der Waals surface area contributed by atoms with Crippen LogP contribution in [0.3, 0.4) is 0 Å². The summed E-state index contributed by atoms with van der Waals surface area (Å²) >= 11 is 0. The van der Waals surface area contributed by atoms with E-state index in [1.54, 1.807) is 6.92 Å². The molecule has 84 valence electrons. The minimum Gasteiger partial charge on any atom is -0.507 e. The average molecular weight is 220 g/mol. The minimum atomic E-state index is -0.488. The Kier molecular flexibility index (Phi) is 4.27. The van der Waals surface area contributed by atoms with Gasteiger partial charge in [-0.1, -0.05) is 0 Å². The maximum Gasteiger partial charge on any atom is 0.330 e. The molecule has 0 fully saturated rings. The molecule has 0 aromatic heterocycles. The van der Waals surface area contributed by atoms with Crippen LogP contribution in [0.2, 0.25) is 0 Å². The summed E-state index contributed by atoms with van der Waals surface area (Å²) in [5.74, 6) is -0.482. The van der Waals surface area contributed by atoms with E-state index in [2.05, 4.69) is 4.74 Å². The molecular formula is C12H12O4. The van der Waals surface area contributed by atoms with Crippen molar-refractivity contribution in [3.63, 3.8) is 0 Å². The fourth-order valence-electron chi connectivity index (χ4n) is 1.13. The van der Waals surface area contributed by atoms with E-state index in [4.69, 9.17) is 0 Å². The molecule has 0 bridgehead atoms. The first-order chi connectivity index (χ1) is 7.67. The van der Waals surface area contributed by atoms with Gasteiger partial charge < -0.3 is 9.84 Å². The third-order valence-electron chi connectivity index (χ3n) is 1.87. The zero-order valence-electron chi connectivity index (χ0n) is 8.84. The Bertz CT molecular complexity index is 421. The lowest BCUT2D eigenvalue weighted by molar-refractivity contribution is -0.137. The van der Waals surface area contributed by atoms with Crippen LogP contribution in [0.4, 0.5) is 0 Å². The van der Waals surface area contributed by atoms with Gasteiger partial charge in [0.2, 0.25) is 0 Å². The fraction of sp³-hybridized carbons (Fsp3) is 0.167. The van der Waals surface area contributed by atoms with Crippen LogP contribution >= 0.6 is 0 Å². The van der Waals surface area contributed by atoms with Crippen LogP contribution in [-0.2, 0) is 9.53 Å². The van der Waals surface area contributed by atoms with Gasteiger partial charge in [-0.15, -0.1) is 0 Å². The number of carbonyl (C=O) groups excluding carboxylic acids is 2. The van der Waals surface area contributed by atoms with E-state index in [1.165, 1.54) is 30.4 Å². The maximum absolute atomic E-state index is 11.0. The number of rotatable bonds is 4. The van der Waals surface area contributed by atoms with Gasteiger partial charge in [-0.05, 0) is 31.2 Å². The molecule has 0 saturated heterocycles. The molecule has 0 heterocycles. The van der Waals surface area contributed by atoms with Crippen molar-refractivity contribution in [2.24, 2.45) is 0 Å². The average Bonchev–Trinajstić information content (AvgIpc) is 2.28. The smallest absolute Gasteiger partial charge is 0.330 e. The number of esters is 1. The van der Waals surface area contributed by atoms with Gasteiger partial charge >= 0.3 is 5.97 Å². The predicted octanol–water partition coefficient (Wildman–Crippen LogP) is 1.78. The first-order valence-electron chi connectivity index (χ1n) is 4.80. The Morgan fingerprint density at radius 3 is 2.88 bits per heavy atom. The molecule has 4 heteroatoms. The van der Waals surface area contributed by atoms with E-state index >= 15 is 0 Å². The van der Waals surface area contributed by atoms with Crippen molar-refractivity contribution in [1.82, 2.24) is 0 Å². The molecule has 0 spiro atoms. The summed E-state index contributed by atoms with van der Waals surface area (Å²) in [6.45, 7) is 2.00. The summed E-state index contributed by atoms with van der Waals surface area (Å²) in [6, 6.07) is 4.37. The monoisotopic (exact) mass is 220 g/mol. The molecule has 4 nitrogen and oxygen atoms in total. The lowest BCUT2D eigenvalue weighted by atomic mass is 10.1. The summed E-state index contributed by atoms with van der Waals surface area (Å²) in [5, 5.41) is 9.45. The highest BCUT2D eigenvalue weighted by Gasteiger charge is 2.00. The van der Waals surface area contributed by atoms with Crippen molar-refractivity contribution in [3.8, 4) is 5.75 Å². The second-order valence-electron chi connectivity index (χ2n) is 3.02. The number of aldehydes is 1. The van der Waals surface area contributed by atoms with E-state index in [0.717, 1.165) is 0 Å². The molecule has 0 aliphatic carbocycles. The summed E-state index contributed by atoms with van der Waals surface area (Å²) in [5.41, 5.74) is 0.832. The molecule has 16 heavy (non-hydrogen) atoms. The third kappa shape index (κ3) is 3.24. The topological polar surface area (TPSA) is 63.6 Å². The molecular weight excluding hydrogens is 208 g/mol. The van der Waals surface area contributed by atoms with Crippen molar-refractivity contribution in [3.05, 3.63) is 35.4 Å². The first-order valence-corrected chi connectivity index (χ1v) is 4.80. The Hall–Kier alpha value is -2.10. The molecule has 0 atom stereocenters. The summed E-state index contributed by atoms with van der Waals surface area (Å²) in [7, 11) is 0. The number of phenols is 1. The van der Waals surface area contributed by atoms with Gasteiger partial charge in [-0.25, -0.2) is 4.79 Å². The van der Waals surface area contributed by atoms with Gasteiger partial charge in [0.15, 0.2) is 0 Å². The van der Waals surface area contributed by atoms with E-state index in [1.807, 2.05) is 0 Å². The summed E-state index contributed by atoms with van der Waals surface area (Å²) in [4.78, 5) is 21.5. The van der Waals surface area contributed by atoms with Gasteiger partial charge in [0.1, 0.15) is 12.0 Å². The van der Waals surface area contributed by atoms with Gasteiger partial charge in [0.05, 0.1) is 6.61 Å². The van der Waals surface area contributed by atoms with Crippen LogP contribution in [-0.4, -0.2) is 24.0 Å². The summed E-state index contributed by atoms with van der Waals surface area (Å²) < 4.78 is 4.68. The highest BCUT2D eigenvalue weighted by Crippen LogP contribution is 2.19. The second kappa shape index (κ2) is 5.70. The van der Waals surface area contributed by atoms with E-state index in [9.17, 15) is 14.7 Å². The minimum absolute atomic E-state index is 0.00569. The second-order valence-corrected chi connectivity index (χ2v) is 3.02. The number of ether oxygens (including phenoxy) is 1. The van der Waals surface area contributed by atoms with E-state index in [-0.39, 0.29) is 5.75 Å². The quantitative estimate of drug-likeness (QED) is 0.477. The predicted molar refractivity (Wildman–Crippen MR) is 59.2 cm³/mol. The van der Waals surface area contributed by atoms with Crippen LogP contribution < -0.4 is 0 Å². The van der Waals surface area contributed by atoms with Crippen molar-refractivity contribution in [2.45, 2.75) is 6.92 Å². The van der Waals surface area contributed by atoms with Crippen LogP contribution in [0.1, 0.15) is 22.8 Å². The van der Waals surface area contributed by atoms with E-state index in [0.29, 0.717) is 24.0 Å². The number of phenolic OH excluding ortho intramolecular Hbond substituents is 1. The number of hydrogen-bond acceptors (Lipinski definition) is 4. The van der Waals surface area contributed by atoms with Crippen LogP contribution in [0, 0.1) is 0 Å². The van der Waals surface area contributed by atoms with Crippen molar-refractivity contribution in [1.29, 1.82) is 0 Å². The molecule has 1 aromatic carbocycles. The zero-order chi connectivity index (χ0) is 12.0. The largest absolute Gasteiger partial charge is 0.507 e. The van der Waals surface area contributed by atoms with Crippen molar-refractivity contribution < 1.29 is 19.4 Å². The lowest BCUT2D eigenvalue weighted by Gasteiger charge is -1.99. The number of carbonyl (C=O) groups is 2. The molecule has 0 radical (unpaired) electrons. The Morgan fingerprint density at radius 1 is 1.50 bits per heavy atom. The summed E-state index contributed by atoms with van der Waals surface area (Å²) in [6.07, 6.45) is 3.27. The van der Waals surface area contributed by atoms with Gasteiger partial charge in [0, 0.05) is 17.2 Å². The van der Waals surface area contributed by atoms with Gasteiger partial charge in [0.25, 0.3) is 0 Å². The highest BCUT2D eigenvalue weighted by molar-refractivity contribution is 5.88. The van der Waals surface area contributed by atoms with Gasteiger partial charge in [-0.3, -0.25) is 4.79 Å².